The van der Waals surface area contributed by atoms with Crippen molar-refractivity contribution in [2.24, 2.45) is 0 Å². The quantitative estimate of drug-likeness (QED) is 0.631. The first-order valence-electron chi connectivity index (χ1n) is 5.71. The smallest absolute Gasteiger partial charge is 0.340 e. The van der Waals surface area contributed by atoms with Crippen molar-refractivity contribution in [2.45, 2.75) is 33.5 Å². The zero-order valence-corrected chi connectivity index (χ0v) is 10.5. The van der Waals surface area contributed by atoms with Gasteiger partial charge in [0, 0.05) is 12.3 Å². The number of carbonyl (C=O) groups is 1. The van der Waals surface area contributed by atoms with Gasteiger partial charge in [0.15, 0.2) is 0 Å². The Bertz CT molecular complexity index is 388. The highest BCUT2D eigenvalue weighted by atomic mass is 16.5. The molecule has 0 spiro atoms. The Kier molecular flexibility index (Phi) is 4.97. The lowest BCUT2D eigenvalue weighted by atomic mass is 10.1. The number of benzene rings is 1. The predicted molar refractivity (Wildman–Crippen MR) is 66.7 cm³/mol. The Morgan fingerprint density at radius 2 is 2.12 bits per heavy atom. The standard InChI is InChI=1S/C13H19NO3/c1-4-16-8-10-5-6-12(14)11(7-10)13(15)17-9(2)3/h5-7,9H,4,8,14H2,1-3H3. The molecule has 0 aliphatic heterocycles. The lowest BCUT2D eigenvalue weighted by Crippen LogP contribution is -2.13. The molecule has 0 unspecified atom stereocenters. The number of ether oxygens (including phenoxy) is 2. The molecule has 0 fully saturated rings. The van der Waals surface area contributed by atoms with Crippen molar-refractivity contribution in [3.05, 3.63) is 29.3 Å². The number of hydrogen-bond acceptors (Lipinski definition) is 4. The summed E-state index contributed by atoms with van der Waals surface area (Å²) in [4.78, 5) is 11.8. The predicted octanol–water partition coefficient (Wildman–Crippen LogP) is 2.37. The molecule has 94 valence electrons. The Morgan fingerprint density at radius 3 is 2.71 bits per heavy atom. The van der Waals surface area contributed by atoms with E-state index in [-0.39, 0.29) is 6.10 Å². The number of nitrogen functional groups attached to an aromatic ring is 1. The van der Waals surface area contributed by atoms with Gasteiger partial charge in [0.25, 0.3) is 0 Å². The van der Waals surface area contributed by atoms with E-state index in [0.29, 0.717) is 24.5 Å². The molecule has 0 amide bonds. The minimum Gasteiger partial charge on any atom is -0.459 e. The first kappa shape index (κ1) is 13.5. The van der Waals surface area contributed by atoms with Crippen molar-refractivity contribution in [2.75, 3.05) is 12.3 Å². The Labute approximate surface area is 102 Å². The molecule has 0 radical (unpaired) electrons. The fourth-order valence-corrected chi connectivity index (χ4v) is 1.37. The van der Waals surface area contributed by atoms with Gasteiger partial charge < -0.3 is 15.2 Å². The molecule has 4 heteroatoms. The van der Waals surface area contributed by atoms with E-state index in [9.17, 15) is 4.79 Å². The minimum absolute atomic E-state index is 0.155. The number of rotatable bonds is 5. The van der Waals surface area contributed by atoms with Crippen LogP contribution in [0.5, 0.6) is 0 Å². The molecular weight excluding hydrogens is 218 g/mol. The van der Waals surface area contributed by atoms with E-state index in [2.05, 4.69) is 0 Å². The lowest BCUT2D eigenvalue weighted by Gasteiger charge is -2.11. The summed E-state index contributed by atoms with van der Waals surface area (Å²) in [6, 6.07) is 5.26. The first-order chi connectivity index (χ1) is 8.04. The van der Waals surface area contributed by atoms with Crippen LogP contribution in [0.15, 0.2) is 18.2 Å². The summed E-state index contributed by atoms with van der Waals surface area (Å²) in [6.45, 7) is 6.64. The second-order valence-electron chi connectivity index (χ2n) is 4.01. The molecule has 0 saturated carbocycles. The lowest BCUT2D eigenvalue weighted by molar-refractivity contribution is 0.0379. The SMILES string of the molecule is CCOCc1ccc(N)c(C(=O)OC(C)C)c1. The summed E-state index contributed by atoms with van der Waals surface area (Å²) in [6.07, 6.45) is -0.155. The summed E-state index contributed by atoms with van der Waals surface area (Å²) in [5, 5.41) is 0. The van der Waals surface area contributed by atoms with Crippen molar-refractivity contribution in [3.63, 3.8) is 0 Å². The Hall–Kier alpha value is -1.55. The zero-order chi connectivity index (χ0) is 12.8. The van der Waals surface area contributed by atoms with Crippen molar-refractivity contribution < 1.29 is 14.3 Å². The molecule has 0 saturated heterocycles. The summed E-state index contributed by atoms with van der Waals surface area (Å²) in [5.74, 6) is -0.393. The second-order valence-corrected chi connectivity index (χ2v) is 4.01. The molecule has 0 aromatic heterocycles. The molecule has 1 rings (SSSR count). The van der Waals surface area contributed by atoms with Gasteiger partial charge in [-0.2, -0.15) is 0 Å². The van der Waals surface area contributed by atoms with E-state index in [4.69, 9.17) is 15.2 Å². The molecule has 0 aliphatic carbocycles. The highest BCUT2D eigenvalue weighted by Crippen LogP contribution is 2.16. The van der Waals surface area contributed by atoms with E-state index < -0.39 is 5.97 Å². The minimum atomic E-state index is -0.393. The van der Waals surface area contributed by atoms with Crippen molar-refractivity contribution in [1.29, 1.82) is 0 Å². The molecule has 0 heterocycles. The summed E-state index contributed by atoms with van der Waals surface area (Å²) in [5.41, 5.74) is 7.49. The summed E-state index contributed by atoms with van der Waals surface area (Å²) >= 11 is 0. The number of anilines is 1. The number of nitrogens with two attached hydrogens (primary N) is 1. The van der Waals surface area contributed by atoms with E-state index in [1.54, 1.807) is 26.0 Å². The van der Waals surface area contributed by atoms with Crippen LogP contribution in [0.3, 0.4) is 0 Å². The summed E-state index contributed by atoms with van der Waals surface area (Å²) in [7, 11) is 0. The molecule has 1 aromatic rings. The Morgan fingerprint density at radius 1 is 1.41 bits per heavy atom. The average Bonchev–Trinajstić information content (AvgIpc) is 2.27. The highest BCUT2D eigenvalue weighted by Gasteiger charge is 2.13. The fraction of sp³-hybridized carbons (Fsp3) is 0.462. The normalized spacial score (nSPS) is 10.6. The van der Waals surface area contributed by atoms with E-state index >= 15 is 0 Å². The maximum Gasteiger partial charge on any atom is 0.340 e. The van der Waals surface area contributed by atoms with Gasteiger partial charge in [-0.3, -0.25) is 0 Å². The van der Waals surface area contributed by atoms with Crippen LogP contribution in [0.2, 0.25) is 0 Å². The summed E-state index contributed by atoms with van der Waals surface area (Å²) < 4.78 is 10.4. The van der Waals surface area contributed by atoms with Crippen LogP contribution in [0.25, 0.3) is 0 Å². The van der Waals surface area contributed by atoms with Crippen molar-refractivity contribution in [1.82, 2.24) is 0 Å². The topological polar surface area (TPSA) is 61.5 Å². The maximum atomic E-state index is 11.8. The van der Waals surface area contributed by atoms with E-state index in [1.807, 2.05) is 13.0 Å². The van der Waals surface area contributed by atoms with Gasteiger partial charge in [-0.05, 0) is 38.5 Å². The number of hydrogen-bond donors (Lipinski definition) is 1. The molecule has 0 bridgehead atoms. The molecule has 0 aliphatic rings. The third-order valence-corrected chi connectivity index (χ3v) is 2.15. The zero-order valence-electron chi connectivity index (χ0n) is 10.5. The van der Waals surface area contributed by atoms with Crippen LogP contribution in [0, 0.1) is 0 Å². The molecule has 2 N–H and O–H groups in total. The monoisotopic (exact) mass is 237 g/mol. The van der Waals surface area contributed by atoms with Gasteiger partial charge >= 0.3 is 5.97 Å². The van der Waals surface area contributed by atoms with Crippen LogP contribution in [0.4, 0.5) is 5.69 Å². The third-order valence-electron chi connectivity index (χ3n) is 2.15. The van der Waals surface area contributed by atoms with Gasteiger partial charge in [-0.15, -0.1) is 0 Å². The first-order valence-corrected chi connectivity index (χ1v) is 5.71. The van der Waals surface area contributed by atoms with Crippen molar-refractivity contribution in [3.8, 4) is 0 Å². The molecule has 4 nitrogen and oxygen atoms in total. The van der Waals surface area contributed by atoms with Crippen LogP contribution in [-0.2, 0) is 16.1 Å². The van der Waals surface area contributed by atoms with Crippen LogP contribution >= 0.6 is 0 Å². The van der Waals surface area contributed by atoms with Crippen LogP contribution in [0.1, 0.15) is 36.7 Å². The molecule has 1 aromatic carbocycles. The van der Waals surface area contributed by atoms with Crippen LogP contribution < -0.4 is 5.73 Å². The largest absolute Gasteiger partial charge is 0.459 e. The highest BCUT2D eigenvalue weighted by molar-refractivity contribution is 5.95. The number of carbonyl (C=O) groups excluding carboxylic acids is 1. The number of esters is 1. The molecule has 0 atom stereocenters. The fourth-order valence-electron chi connectivity index (χ4n) is 1.37. The Balaban J connectivity index is 2.86. The third kappa shape index (κ3) is 4.07. The second kappa shape index (κ2) is 6.25. The van der Waals surface area contributed by atoms with Gasteiger partial charge in [-0.1, -0.05) is 6.07 Å². The average molecular weight is 237 g/mol. The van der Waals surface area contributed by atoms with Gasteiger partial charge in [0.1, 0.15) is 0 Å². The van der Waals surface area contributed by atoms with E-state index in [1.165, 1.54) is 0 Å². The van der Waals surface area contributed by atoms with Gasteiger partial charge in [0.05, 0.1) is 18.3 Å². The van der Waals surface area contributed by atoms with Gasteiger partial charge in [-0.25, -0.2) is 4.79 Å². The van der Waals surface area contributed by atoms with E-state index in [0.717, 1.165) is 5.56 Å². The maximum absolute atomic E-state index is 11.8. The van der Waals surface area contributed by atoms with Gasteiger partial charge in [0.2, 0.25) is 0 Å². The molecule has 17 heavy (non-hydrogen) atoms. The molecular formula is C13H19NO3. The van der Waals surface area contributed by atoms with Crippen LogP contribution in [-0.4, -0.2) is 18.7 Å². The van der Waals surface area contributed by atoms with Crippen molar-refractivity contribution >= 4 is 11.7 Å².